The Bertz CT molecular complexity index is 480. The van der Waals surface area contributed by atoms with Crippen molar-refractivity contribution in [2.24, 2.45) is 0 Å². The Morgan fingerprint density at radius 2 is 1.69 bits per heavy atom. The van der Waals surface area contributed by atoms with Crippen molar-refractivity contribution in [3.8, 4) is 5.69 Å². The standard InChI is InChI=1S/C13H17N3/c1-10-5-7-12(8-6-10)16-11(2)9-13(14-16)15(3)4/h5-9H,1-4H3. The molecule has 3 nitrogen and oxygen atoms in total. The predicted molar refractivity (Wildman–Crippen MR) is 67.4 cm³/mol. The molecule has 0 saturated carbocycles. The molecule has 1 heterocycles. The first kappa shape index (κ1) is 10.7. The lowest BCUT2D eigenvalue weighted by Gasteiger charge is -2.07. The Labute approximate surface area is 96.3 Å². The second kappa shape index (κ2) is 4.00. The summed E-state index contributed by atoms with van der Waals surface area (Å²) in [5.41, 5.74) is 3.52. The van der Waals surface area contributed by atoms with Crippen LogP contribution >= 0.6 is 0 Å². The van der Waals surface area contributed by atoms with Gasteiger partial charge >= 0.3 is 0 Å². The molecule has 0 saturated heterocycles. The third-order valence-electron chi connectivity index (χ3n) is 2.61. The highest BCUT2D eigenvalue weighted by Gasteiger charge is 2.06. The summed E-state index contributed by atoms with van der Waals surface area (Å²) in [6, 6.07) is 10.5. The van der Waals surface area contributed by atoms with E-state index < -0.39 is 0 Å². The molecule has 0 fully saturated rings. The summed E-state index contributed by atoms with van der Waals surface area (Å²) in [6.07, 6.45) is 0. The monoisotopic (exact) mass is 215 g/mol. The van der Waals surface area contributed by atoms with Crippen molar-refractivity contribution in [1.29, 1.82) is 0 Å². The number of nitrogens with zero attached hydrogens (tertiary/aromatic N) is 3. The molecule has 3 heteroatoms. The van der Waals surface area contributed by atoms with Gasteiger partial charge in [0.15, 0.2) is 5.82 Å². The van der Waals surface area contributed by atoms with Crippen molar-refractivity contribution in [3.63, 3.8) is 0 Å². The van der Waals surface area contributed by atoms with Gasteiger partial charge in [-0.2, -0.15) is 5.10 Å². The van der Waals surface area contributed by atoms with Gasteiger partial charge in [-0.15, -0.1) is 0 Å². The highest BCUT2D eigenvalue weighted by Crippen LogP contribution is 2.16. The van der Waals surface area contributed by atoms with Gasteiger partial charge in [0.2, 0.25) is 0 Å². The molecule has 1 aromatic carbocycles. The van der Waals surface area contributed by atoms with Crippen LogP contribution in [-0.4, -0.2) is 23.9 Å². The molecule has 0 atom stereocenters. The molecular formula is C13H17N3. The van der Waals surface area contributed by atoms with E-state index in [-0.39, 0.29) is 0 Å². The lowest BCUT2D eigenvalue weighted by atomic mass is 10.2. The van der Waals surface area contributed by atoms with Crippen molar-refractivity contribution in [3.05, 3.63) is 41.6 Å². The Morgan fingerprint density at radius 3 is 2.19 bits per heavy atom. The minimum absolute atomic E-state index is 0.984. The minimum Gasteiger partial charge on any atom is -0.361 e. The van der Waals surface area contributed by atoms with Gasteiger partial charge in [0.1, 0.15) is 0 Å². The maximum Gasteiger partial charge on any atom is 0.150 e. The van der Waals surface area contributed by atoms with E-state index in [4.69, 9.17) is 0 Å². The van der Waals surface area contributed by atoms with Gasteiger partial charge in [-0.1, -0.05) is 17.7 Å². The van der Waals surface area contributed by atoms with Crippen LogP contribution in [0.25, 0.3) is 5.69 Å². The van der Waals surface area contributed by atoms with E-state index in [1.165, 1.54) is 5.56 Å². The van der Waals surface area contributed by atoms with Gasteiger partial charge in [-0.05, 0) is 26.0 Å². The zero-order valence-corrected chi connectivity index (χ0v) is 10.2. The van der Waals surface area contributed by atoms with Crippen LogP contribution in [0.5, 0.6) is 0 Å². The van der Waals surface area contributed by atoms with E-state index in [1.54, 1.807) is 0 Å². The third-order valence-corrected chi connectivity index (χ3v) is 2.61. The maximum absolute atomic E-state index is 4.55. The average Bonchev–Trinajstić information content (AvgIpc) is 2.62. The number of aryl methyl sites for hydroxylation is 2. The zero-order valence-electron chi connectivity index (χ0n) is 10.2. The molecule has 0 bridgehead atoms. The van der Waals surface area contributed by atoms with Crippen molar-refractivity contribution < 1.29 is 0 Å². The molecule has 2 aromatic rings. The number of hydrogen-bond donors (Lipinski definition) is 0. The van der Waals surface area contributed by atoms with Crippen LogP contribution < -0.4 is 4.90 Å². The topological polar surface area (TPSA) is 21.1 Å². The van der Waals surface area contributed by atoms with Crippen LogP contribution in [0.15, 0.2) is 30.3 Å². The van der Waals surface area contributed by atoms with Crippen molar-refractivity contribution in [2.75, 3.05) is 19.0 Å². The number of hydrogen-bond acceptors (Lipinski definition) is 2. The minimum atomic E-state index is 0.984. The fourth-order valence-corrected chi connectivity index (χ4v) is 1.62. The van der Waals surface area contributed by atoms with E-state index >= 15 is 0 Å². The highest BCUT2D eigenvalue weighted by molar-refractivity contribution is 5.43. The molecule has 0 spiro atoms. The van der Waals surface area contributed by atoms with E-state index in [0.717, 1.165) is 17.2 Å². The first-order valence-electron chi connectivity index (χ1n) is 5.39. The number of anilines is 1. The summed E-state index contributed by atoms with van der Waals surface area (Å²) in [4.78, 5) is 2.01. The average molecular weight is 215 g/mol. The summed E-state index contributed by atoms with van der Waals surface area (Å²) < 4.78 is 1.97. The SMILES string of the molecule is Cc1ccc(-n2nc(N(C)C)cc2C)cc1. The number of benzene rings is 1. The molecule has 0 amide bonds. The van der Waals surface area contributed by atoms with Crippen molar-refractivity contribution in [1.82, 2.24) is 9.78 Å². The zero-order chi connectivity index (χ0) is 11.7. The quantitative estimate of drug-likeness (QED) is 0.767. The Balaban J connectivity index is 2.44. The summed E-state index contributed by atoms with van der Waals surface area (Å²) in [7, 11) is 4.00. The number of rotatable bonds is 2. The lowest BCUT2D eigenvalue weighted by molar-refractivity contribution is 0.837. The molecule has 0 aliphatic heterocycles. The second-order valence-corrected chi connectivity index (χ2v) is 4.29. The van der Waals surface area contributed by atoms with E-state index in [0.29, 0.717) is 0 Å². The summed E-state index contributed by atoms with van der Waals surface area (Å²) in [5, 5.41) is 4.55. The summed E-state index contributed by atoms with van der Waals surface area (Å²) in [6.45, 7) is 4.16. The first-order chi connectivity index (χ1) is 7.58. The smallest absolute Gasteiger partial charge is 0.150 e. The van der Waals surface area contributed by atoms with Gasteiger partial charge < -0.3 is 4.90 Å². The molecule has 0 N–H and O–H groups in total. The molecule has 0 aliphatic rings. The van der Waals surface area contributed by atoms with Crippen LogP contribution in [0.1, 0.15) is 11.3 Å². The molecular weight excluding hydrogens is 198 g/mol. The Kier molecular flexibility index (Phi) is 2.69. The first-order valence-corrected chi connectivity index (χ1v) is 5.39. The molecule has 1 aromatic heterocycles. The molecule has 84 valence electrons. The summed E-state index contributed by atoms with van der Waals surface area (Å²) >= 11 is 0. The second-order valence-electron chi connectivity index (χ2n) is 4.29. The highest BCUT2D eigenvalue weighted by atomic mass is 15.3. The van der Waals surface area contributed by atoms with E-state index in [2.05, 4.69) is 49.3 Å². The Hall–Kier alpha value is -1.77. The molecule has 0 radical (unpaired) electrons. The van der Waals surface area contributed by atoms with Gasteiger partial charge in [0.05, 0.1) is 5.69 Å². The van der Waals surface area contributed by atoms with Crippen molar-refractivity contribution >= 4 is 5.82 Å². The predicted octanol–water partition coefficient (Wildman–Crippen LogP) is 2.56. The van der Waals surface area contributed by atoms with Gasteiger partial charge in [-0.3, -0.25) is 0 Å². The van der Waals surface area contributed by atoms with Crippen LogP contribution in [-0.2, 0) is 0 Å². The van der Waals surface area contributed by atoms with Crippen LogP contribution in [0.2, 0.25) is 0 Å². The van der Waals surface area contributed by atoms with Gasteiger partial charge in [0.25, 0.3) is 0 Å². The molecule has 2 rings (SSSR count). The normalized spacial score (nSPS) is 10.5. The third kappa shape index (κ3) is 1.94. The summed E-state index contributed by atoms with van der Waals surface area (Å²) in [5.74, 6) is 0.984. The fourth-order valence-electron chi connectivity index (χ4n) is 1.62. The maximum atomic E-state index is 4.55. The van der Waals surface area contributed by atoms with E-state index in [9.17, 15) is 0 Å². The van der Waals surface area contributed by atoms with Gasteiger partial charge in [-0.25, -0.2) is 4.68 Å². The van der Waals surface area contributed by atoms with Crippen LogP contribution in [0, 0.1) is 13.8 Å². The van der Waals surface area contributed by atoms with Crippen LogP contribution in [0.3, 0.4) is 0 Å². The van der Waals surface area contributed by atoms with E-state index in [1.807, 2.05) is 23.7 Å². The molecule has 0 unspecified atom stereocenters. The number of aromatic nitrogens is 2. The van der Waals surface area contributed by atoms with Crippen molar-refractivity contribution in [2.45, 2.75) is 13.8 Å². The molecule has 0 aliphatic carbocycles. The largest absolute Gasteiger partial charge is 0.361 e. The Morgan fingerprint density at radius 1 is 1.06 bits per heavy atom. The fraction of sp³-hybridized carbons (Fsp3) is 0.308. The lowest BCUT2D eigenvalue weighted by Crippen LogP contribution is -2.09. The molecule has 16 heavy (non-hydrogen) atoms. The van der Waals surface area contributed by atoms with Crippen LogP contribution in [0.4, 0.5) is 5.82 Å². The van der Waals surface area contributed by atoms with Gasteiger partial charge in [0, 0.05) is 25.9 Å².